The molecule has 2 aromatic carbocycles. The van der Waals surface area contributed by atoms with Crippen molar-refractivity contribution < 1.29 is 14.4 Å². The predicted molar refractivity (Wildman–Crippen MR) is 134 cm³/mol. The fraction of sp³-hybridized carbons (Fsp3) is 0.208. The first-order valence-electron chi connectivity index (χ1n) is 10.7. The summed E-state index contributed by atoms with van der Waals surface area (Å²) >= 11 is 12.1. The standard InChI is InChI=1S/C24H23Cl2N5O3/c1-2-34-29-19-14-22(31(15-19)24(33)27-18-12-16(25)11-17(26)13-18)23(32)28-20-7-3-4-8-21(20)30-9-5-6-10-30/h3-13,22H,2,14-15H2,1H3,(H,27,33)(H,28,32)/t22-/m0/s1. The Bertz CT molecular complexity index is 1190. The van der Waals surface area contributed by atoms with Crippen LogP contribution in [0.3, 0.4) is 0 Å². The van der Waals surface area contributed by atoms with Gasteiger partial charge in [0.05, 0.1) is 23.6 Å². The van der Waals surface area contributed by atoms with Gasteiger partial charge >= 0.3 is 6.03 Å². The highest BCUT2D eigenvalue weighted by Gasteiger charge is 2.38. The molecule has 0 saturated carbocycles. The van der Waals surface area contributed by atoms with Crippen LogP contribution in [0.5, 0.6) is 0 Å². The van der Waals surface area contributed by atoms with Crippen LogP contribution in [-0.2, 0) is 9.63 Å². The average Bonchev–Trinajstić information content (AvgIpc) is 3.48. The first-order chi connectivity index (χ1) is 16.4. The number of para-hydroxylation sites is 2. The Morgan fingerprint density at radius 2 is 1.76 bits per heavy atom. The molecular formula is C24H23Cl2N5O3. The summed E-state index contributed by atoms with van der Waals surface area (Å²) < 4.78 is 1.90. The number of aromatic nitrogens is 1. The maximum Gasteiger partial charge on any atom is 0.322 e. The number of nitrogens with one attached hydrogen (secondary N) is 2. The zero-order chi connectivity index (χ0) is 24.1. The van der Waals surface area contributed by atoms with Gasteiger partial charge < -0.3 is 24.9 Å². The zero-order valence-corrected chi connectivity index (χ0v) is 19.9. The molecule has 0 bridgehead atoms. The van der Waals surface area contributed by atoms with Crippen LogP contribution in [0.1, 0.15) is 13.3 Å². The average molecular weight is 500 g/mol. The number of likely N-dealkylation sites (tertiary alicyclic amines) is 1. The van der Waals surface area contributed by atoms with Gasteiger partial charge in [0.1, 0.15) is 12.6 Å². The van der Waals surface area contributed by atoms with E-state index in [2.05, 4.69) is 15.8 Å². The molecule has 0 aliphatic carbocycles. The van der Waals surface area contributed by atoms with Crippen LogP contribution in [0.15, 0.2) is 72.1 Å². The maximum atomic E-state index is 13.4. The SMILES string of the molecule is CCON=C1C[C@@H](C(=O)Nc2ccccc2-n2cccc2)N(C(=O)Nc2cc(Cl)cc(Cl)c2)C1. The number of carbonyl (C=O) groups excluding carboxylic acids is 2. The van der Waals surface area contributed by atoms with Crippen molar-refractivity contribution in [3.05, 3.63) is 77.0 Å². The highest BCUT2D eigenvalue weighted by atomic mass is 35.5. The largest absolute Gasteiger partial charge is 0.396 e. The molecule has 10 heteroatoms. The monoisotopic (exact) mass is 499 g/mol. The summed E-state index contributed by atoms with van der Waals surface area (Å²) in [7, 11) is 0. The van der Waals surface area contributed by atoms with Gasteiger partial charge in [0.2, 0.25) is 5.91 Å². The quantitative estimate of drug-likeness (QED) is 0.443. The highest BCUT2D eigenvalue weighted by Crippen LogP contribution is 2.26. The number of amides is 3. The van der Waals surface area contributed by atoms with Crippen molar-refractivity contribution in [1.29, 1.82) is 0 Å². The Morgan fingerprint density at radius 1 is 1.06 bits per heavy atom. The van der Waals surface area contributed by atoms with E-state index in [-0.39, 0.29) is 18.9 Å². The van der Waals surface area contributed by atoms with Gasteiger partial charge in [-0.1, -0.05) is 40.5 Å². The molecule has 4 rings (SSSR count). The van der Waals surface area contributed by atoms with E-state index in [9.17, 15) is 9.59 Å². The van der Waals surface area contributed by atoms with Gasteiger partial charge in [0.15, 0.2) is 0 Å². The fourth-order valence-electron chi connectivity index (χ4n) is 3.71. The molecule has 1 aliphatic rings. The maximum absolute atomic E-state index is 13.4. The topological polar surface area (TPSA) is 88.0 Å². The summed E-state index contributed by atoms with van der Waals surface area (Å²) in [6.07, 6.45) is 4.04. The predicted octanol–water partition coefficient (Wildman–Crippen LogP) is 5.42. The van der Waals surface area contributed by atoms with E-state index in [0.717, 1.165) is 5.69 Å². The third-order valence-electron chi connectivity index (χ3n) is 5.20. The Morgan fingerprint density at radius 3 is 2.47 bits per heavy atom. The molecular weight excluding hydrogens is 477 g/mol. The van der Waals surface area contributed by atoms with Gasteiger partial charge in [0.25, 0.3) is 0 Å². The molecule has 176 valence electrons. The van der Waals surface area contributed by atoms with Crippen LogP contribution in [0.2, 0.25) is 10.0 Å². The van der Waals surface area contributed by atoms with Crippen molar-refractivity contribution in [1.82, 2.24) is 9.47 Å². The lowest BCUT2D eigenvalue weighted by atomic mass is 10.1. The molecule has 3 amide bonds. The summed E-state index contributed by atoms with van der Waals surface area (Å²) in [5, 5.41) is 10.6. The molecule has 1 aromatic heterocycles. The number of benzene rings is 2. The Hall–Kier alpha value is -3.49. The second-order valence-corrected chi connectivity index (χ2v) is 8.48. The lowest BCUT2D eigenvalue weighted by Gasteiger charge is -2.24. The number of hydrogen-bond donors (Lipinski definition) is 2. The normalized spacial score (nSPS) is 16.5. The van der Waals surface area contributed by atoms with Crippen molar-refractivity contribution >= 4 is 52.2 Å². The summed E-state index contributed by atoms with van der Waals surface area (Å²) in [6, 6.07) is 14.7. The molecule has 1 aliphatic heterocycles. The number of nitrogens with zero attached hydrogens (tertiary/aromatic N) is 3. The number of carbonyl (C=O) groups is 2. The first-order valence-corrected chi connectivity index (χ1v) is 11.4. The number of oxime groups is 1. The molecule has 0 radical (unpaired) electrons. The Kier molecular flexibility index (Phi) is 7.40. The lowest BCUT2D eigenvalue weighted by molar-refractivity contribution is -0.119. The minimum absolute atomic E-state index is 0.150. The Labute approximate surface area is 207 Å². The number of hydrogen-bond acceptors (Lipinski definition) is 4. The molecule has 1 saturated heterocycles. The van der Waals surface area contributed by atoms with Crippen LogP contribution in [-0.4, -0.2) is 46.3 Å². The molecule has 0 spiro atoms. The van der Waals surface area contributed by atoms with E-state index in [0.29, 0.717) is 33.7 Å². The van der Waals surface area contributed by atoms with Crippen molar-refractivity contribution in [3.63, 3.8) is 0 Å². The van der Waals surface area contributed by atoms with E-state index in [1.165, 1.54) is 4.90 Å². The van der Waals surface area contributed by atoms with Crippen molar-refractivity contribution in [2.45, 2.75) is 19.4 Å². The smallest absolute Gasteiger partial charge is 0.322 e. The van der Waals surface area contributed by atoms with Gasteiger partial charge in [-0.2, -0.15) is 0 Å². The number of urea groups is 1. The molecule has 0 unspecified atom stereocenters. The highest BCUT2D eigenvalue weighted by molar-refractivity contribution is 6.35. The summed E-state index contributed by atoms with van der Waals surface area (Å²) in [5.41, 5.74) is 2.46. The van der Waals surface area contributed by atoms with Gasteiger partial charge in [0, 0.05) is 34.5 Å². The van der Waals surface area contributed by atoms with E-state index < -0.39 is 12.1 Å². The van der Waals surface area contributed by atoms with Crippen molar-refractivity contribution in [2.24, 2.45) is 5.16 Å². The molecule has 1 fully saturated rings. The molecule has 3 aromatic rings. The third kappa shape index (κ3) is 5.52. The van der Waals surface area contributed by atoms with Crippen LogP contribution in [0.4, 0.5) is 16.2 Å². The van der Waals surface area contributed by atoms with Crippen molar-refractivity contribution in [3.8, 4) is 5.69 Å². The first kappa shape index (κ1) is 23.7. The van der Waals surface area contributed by atoms with Crippen molar-refractivity contribution in [2.75, 3.05) is 23.8 Å². The molecule has 2 heterocycles. The number of halogens is 2. The summed E-state index contributed by atoms with van der Waals surface area (Å²) in [5.74, 6) is -0.333. The van der Waals surface area contributed by atoms with Crippen LogP contribution in [0.25, 0.3) is 5.69 Å². The van der Waals surface area contributed by atoms with Gasteiger partial charge in [-0.15, -0.1) is 0 Å². The lowest BCUT2D eigenvalue weighted by Crippen LogP contribution is -2.45. The van der Waals surface area contributed by atoms with Crippen LogP contribution >= 0.6 is 23.2 Å². The van der Waals surface area contributed by atoms with Crippen LogP contribution < -0.4 is 10.6 Å². The third-order valence-corrected chi connectivity index (χ3v) is 5.64. The second-order valence-electron chi connectivity index (χ2n) is 7.61. The fourth-order valence-corrected chi connectivity index (χ4v) is 4.24. The number of rotatable bonds is 6. The Balaban J connectivity index is 1.56. The molecule has 2 N–H and O–H groups in total. The van der Waals surface area contributed by atoms with E-state index in [1.54, 1.807) is 18.2 Å². The van der Waals surface area contributed by atoms with E-state index in [1.807, 2.05) is 60.3 Å². The minimum atomic E-state index is -0.786. The van der Waals surface area contributed by atoms with E-state index >= 15 is 0 Å². The summed E-state index contributed by atoms with van der Waals surface area (Å²) in [6.45, 7) is 2.35. The van der Waals surface area contributed by atoms with E-state index in [4.69, 9.17) is 28.0 Å². The summed E-state index contributed by atoms with van der Waals surface area (Å²) in [4.78, 5) is 33.1. The van der Waals surface area contributed by atoms with Gasteiger partial charge in [-0.25, -0.2) is 4.79 Å². The second kappa shape index (κ2) is 10.6. The van der Waals surface area contributed by atoms with Gasteiger partial charge in [-0.05, 0) is 49.4 Å². The molecule has 1 atom stereocenters. The van der Waals surface area contributed by atoms with Crippen LogP contribution in [0, 0.1) is 0 Å². The minimum Gasteiger partial charge on any atom is -0.396 e. The molecule has 34 heavy (non-hydrogen) atoms. The molecule has 8 nitrogen and oxygen atoms in total. The van der Waals surface area contributed by atoms with Gasteiger partial charge in [-0.3, -0.25) is 4.79 Å². The zero-order valence-electron chi connectivity index (χ0n) is 18.4. The number of anilines is 2.